The molecule has 0 saturated carbocycles. The standard InChI is InChI=1S/C14H16O2/c1-13(15)8-4-3-7-11-16-12-14-9-5-2-6-10-14/h2-3,5-6,8-10H,7,11-12H2,1H3. The van der Waals surface area contributed by atoms with Crippen LogP contribution >= 0.6 is 0 Å². The van der Waals surface area contributed by atoms with Crippen LogP contribution in [0.3, 0.4) is 0 Å². The number of hydrogen-bond acceptors (Lipinski definition) is 2. The van der Waals surface area contributed by atoms with Gasteiger partial charge in [0.1, 0.15) is 0 Å². The van der Waals surface area contributed by atoms with Crippen LogP contribution in [0.2, 0.25) is 0 Å². The highest BCUT2D eigenvalue weighted by Crippen LogP contribution is 2.00. The Hall–Kier alpha value is -1.63. The fraction of sp³-hybridized carbons (Fsp3) is 0.286. The molecular formula is C14H16O2. The summed E-state index contributed by atoms with van der Waals surface area (Å²) in [5, 5.41) is 0. The lowest BCUT2D eigenvalue weighted by Gasteiger charge is -2.01. The Morgan fingerprint density at radius 3 is 2.81 bits per heavy atom. The van der Waals surface area contributed by atoms with Crippen molar-refractivity contribution in [1.29, 1.82) is 0 Å². The van der Waals surface area contributed by atoms with Crippen LogP contribution in [-0.2, 0) is 16.1 Å². The van der Waals surface area contributed by atoms with Crippen LogP contribution in [0.1, 0.15) is 18.9 Å². The molecule has 0 bridgehead atoms. The Morgan fingerprint density at radius 2 is 2.12 bits per heavy atom. The van der Waals surface area contributed by atoms with Gasteiger partial charge in [-0.1, -0.05) is 30.3 Å². The van der Waals surface area contributed by atoms with Gasteiger partial charge in [-0.05, 0) is 25.0 Å². The van der Waals surface area contributed by atoms with Crippen molar-refractivity contribution in [2.24, 2.45) is 0 Å². The fourth-order valence-electron chi connectivity index (χ4n) is 1.17. The highest BCUT2D eigenvalue weighted by Gasteiger charge is 1.89. The molecule has 0 N–H and O–H groups in total. The quantitative estimate of drug-likeness (QED) is 0.415. The van der Waals surface area contributed by atoms with Gasteiger partial charge in [-0.25, -0.2) is 0 Å². The van der Waals surface area contributed by atoms with Crippen molar-refractivity contribution < 1.29 is 9.53 Å². The molecule has 0 spiro atoms. The fourth-order valence-corrected chi connectivity index (χ4v) is 1.17. The second kappa shape index (κ2) is 7.63. The zero-order chi connectivity index (χ0) is 11.6. The number of carbonyl (C=O) groups excluding carboxylic acids is 1. The molecule has 1 aromatic rings. The van der Waals surface area contributed by atoms with E-state index in [9.17, 15) is 4.79 Å². The minimum absolute atomic E-state index is 0.0152. The topological polar surface area (TPSA) is 26.3 Å². The molecule has 0 aliphatic carbocycles. The summed E-state index contributed by atoms with van der Waals surface area (Å²) >= 11 is 0. The number of hydrogen-bond donors (Lipinski definition) is 0. The third kappa shape index (κ3) is 5.97. The Kier molecular flexibility index (Phi) is 5.94. The second-order valence-corrected chi connectivity index (χ2v) is 3.45. The summed E-state index contributed by atoms with van der Waals surface area (Å²) in [6.45, 7) is 2.78. The van der Waals surface area contributed by atoms with Crippen molar-refractivity contribution in [3.05, 3.63) is 53.8 Å². The van der Waals surface area contributed by atoms with Crippen LogP contribution in [0.4, 0.5) is 0 Å². The van der Waals surface area contributed by atoms with Gasteiger partial charge in [0.25, 0.3) is 0 Å². The first-order valence-electron chi connectivity index (χ1n) is 5.32. The van der Waals surface area contributed by atoms with Gasteiger partial charge >= 0.3 is 0 Å². The summed E-state index contributed by atoms with van der Waals surface area (Å²) in [7, 11) is 0. The van der Waals surface area contributed by atoms with Gasteiger partial charge in [0.15, 0.2) is 5.78 Å². The first kappa shape index (κ1) is 12.4. The minimum Gasteiger partial charge on any atom is -0.376 e. The van der Waals surface area contributed by atoms with E-state index in [0.29, 0.717) is 13.2 Å². The molecule has 16 heavy (non-hydrogen) atoms. The lowest BCUT2D eigenvalue weighted by atomic mass is 10.2. The lowest BCUT2D eigenvalue weighted by molar-refractivity contribution is -0.112. The molecule has 2 nitrogen and oxygen atoms in total. The van der Waals surface area contributed by atoms with E-state index in [4.69, 9.17) is 4.74 Å². The predicted octanol–water partition coefficient (Wildman–Crippen LogP) is 2.89. The molecule has 2 heteroatoms. The lowest BCUT2D eigenvalue weighted by Crippen LogP contribution is -1.93. The minimum atomic E-state index is 0.0152. The Bertz CT molecular complexity index is 373. The smallest absolute Gasteiger partial charge is 0.160 e. The summed E-state index contributed by atoms with van der Waals surface area (Å²) < 4.78 is 5.46. The molecule has 0 unspecified atom stereocenters. The van der Waals surface area contributed by atoms with E-state index in [1.165, 1.54) is 18.6 Å². The van der Waals surface area contributed by atoms with E-state index in [2.05, 4.69) is 5.73 Å². The van der Waals surface area contributed by atoms with E-state index in [0.717, 1.165) is 6.42 Å². The van der Waals surface area contributed by atoms with E-state index < -0.39 is 0 Å². The molecule has 84 valence electrons. The largest absolute Gasteiger partial charge is 0.376 e. The third-order valence-electron chi connectivity index (χ3n) is 1.92. The number of ketones is 1. The maximum atomic E-state index is 10.5. The Labute approximate surface area is 96.2 Å². The van der Waals surface area contributed by atoms with Gasteiger partial charge in [0, 0.05) is 6.08 Å². The Morgan fingerprint density at radius 1 is 1.38 bits per heavy atom. The highest BCUT2D eigenvalue weighted by molar-refractivity contribution is 5.86. The van der Waals surface area contributed by atoms with E-state index in [1.807, 2.05) is 36.4 Å². The maximum absolute atomic E-state index is 10.5. The molecule has 0 fully saturated rings. The molecule has 0 heterocycles. The maximum Gasteiger partial charge on any atom is 0.160 e. The summed E-state index contributed by atoms with van der Waals surface area (Å²) in [6, 6.07) is 10.0. The van der Waals surface area contributed by atoms with Crippen LogP contribution in [0.5, 0.6) is 0 Å². The average Bonchev–Trinajstić information content (AvgIpc) is 2.29. The molecule has 0 aliphatic heterocycles. The van der Waals surface area contributed by atoms with Gasteiger partial charge in [-0.15, -0.1) is 5.73 Å². The SMILES string of the molecule is CC(=O)C=C=CCCOCc1ccccc1. The highest BCUT2D eigenvalue weighted by atomic mass is 16.5. The summed E-state index contributed by atoms with van der Waals surface area (Å²) in [6.07, 6.45) is 4.01. The van der Waals surface area contributed by atoms with Crippen LogP contribution in [-0.4, -0.2) is 12.4 Å². The molecule has 0 saturated heterocycles. The van der Waals surface area contributed by atoms with Gasteiger partial charge in [0.05, 0.1) is 13.2 Å². The summed E-state index contributed by atoms with van der Waals surface area (Å²) in [5.74, 6) is 0.0152. The molecule has 0 aromatic heterocycles. The van der Waals surface area contributed by atoms with Gasteiger partial charge < -0.3 is 4.74 Å². The molecule has 0 radical (unpaired) electrons. The van der Waals surface area contributed by atoms with Crippen molar-refractivity contribution in [1.82, 2.24) is 0 Å². The van der Waals surface area contributed by atoms with E-state index in [-0.39, 0.29) is 5.78 Å². The van der Waals surface area contributed by atoms with Crippen LogP contribution in [0, 0.1) is 0 Å². The molecule has 0 atom stereocenters. The molecule has 0 aliphatic rings. The zero-order valence-electron chi connectivity index (χ0n) is 9.48. The van der Waals surface area contributed by atoms with E-state index in [1.54, 1.807) is 0 Å². The first-order chi connectivity index (χ1) is 7.79. The molecule has 0 amide bonds. The van der Waals surface area contributed by atoms with Crippen molar-refractivity contribution >= 4 is 5.78 Å². The van der Waals surface area contributed by atoms with Crippen LogP contribution in [0.25, 0.3) is 0 Å². The predicted molar refractivity (Wildman–Crippen MR) is 64.0 cm³/mol. The normalized spacial score (nSPS) is 9.31. The average molecular weight is 216 g/mol. The van der Waals surface area contributed by atoms with Crippen LogP contribution < -0.4 is 0 Å². The number of carbonyl (C=O) groups is 1. The zero-order valence-corrected chi connectivity index (χ0v) is 9.48. The molecular weight excluding hydrogens is 200 g/mol. The van der Waals surface area contributed by atoms with E-state index >= 15 is 0 Å². The monoisotopic (exact) mass is 216 g/mol. The second-order valence-electron chi connectivity index (χ2n) is 3.45. The Balaban J connectivity index is 2.13. The molecule has 1 rings (SSSR count). The van der Waals surface area contributed by atoms with Gasteiger partial charge in [-0.3, -0.25) is 4.79 Å². The van der Waals surface area contributed by atoms with Crippen molar-refractivity contribution in [2.75, 3.05) is 6.61 Å². The van der Waals surface area contributed by atoms with Gasteiger partial charge in [0.2, 0.25) is 0 Å². The third-order valence-corrected chi connectivity index (χ3v) is 1.92. The summed E-state index contributed by atoms with van der Waals surface area (Å²) in [4.78, 5) is 10.5. The first-order valence-corrected chi connectivity index (χ1v) is 5.32. The number of rotatable bonds is 6. The van der Waals surface area contributed by atoms with Gasteiger partial charge in [-0.2, -0.15) is 0 Å². The van der Waals surface area contributed by atoms with Crippen LogP contribution in [0.15, 0.2) is 48.2 Å². The number of benzene rings is 1. The van der Waals surface area contributed by atoms with Crippen molar-refractivity contribution in [2.45, 2.75) is 20.0 Å². The van der Waals surface area contributed by atoms with Crippen molar-refractivity contribution in [3.8, 4) is 0 Å². The number of ether oxygens (including phenoxy) is 1. The van der Waals surface area contributed by atoms with Crippen molar-refractivity contribution in [3.63, 3.8) is 0 Å². The molecule has 1 aromatic carbocycles. The summed E-state index contributed by atoms with van der Waals surface area (Å²) in [5.41, 5.74) is 3.98.